The molecular formula is C16H24N2O3. The third kappa shape index (κ3) is 5.63. The van der Waals surface area contributed by atoms with Gasteiger partial charge in [0, 0.05) is 19.7 Å². The molecule has 1 saturated heterocycles. The van der Waals surface area contributed by atoms with Gasteiger partial charge < -0.3 is 20.5 Å². The molecule has 0 saturated carbocycles. The van der Waals surface area contributed by atoms with E-state index in [9.17, 15) is 9.90 Å². The first-order valence-electron chi connectivity index (χ1n) is 7.54. The number of amides is 2. The Labute approximate surface area is 125 Å². The van der Waals surface area contributed by atoms with E-state index in [1.807, 2.05) is 6.07 Å². The lowest BCUT2D eigenvalue weighted by atomic mass is 9.93. The smallest absolute Gasteiger partial charge is 0.315 e. The van der Waals surface area contributed by atoms with Gasteiger partial charge in [-0.1, -0.05) is 12.1 Å². The number of rotatable bonds is 5. The van der Waals surface area contributed by atoms with Crippen molar-refractivity contribution in [1.29, 1.82) is 0 Å². The number of carbonyl (C=O) groups is 1. The molecule has 1 aliphatic heterocycles. The van der Waals surface area contributed by atoms with Crippen LogP contribution in [0.25, 0.3) is 0 Å². The molecule has 1 fully saturated rings. The molecule has 5 heteroatoms. The summed E-state index contributed by atoms with van der Waals surface area (Å²) in [5.41, 5.74) is 0.878. The minimum Gasteiger partial charge on any atom is -0.508 e. The minimum absolute atomic E-state index is 0.168. The maximum atomic E-state index is 11.7. The van der Waals surface area contributed by atoms with Gasteiger partial charge in [-0.3, -0.25) is 0 Å². The Hall–Kier alpha value is -1.75. The summed E-state index contributed by atoms with van der Waals surface area (Å²) in [5, 5.41) is 15.0. The van der Waals surface area contributed by atoms with Gasteiger partial charge in [-0.25, -0.2) is 4.79 Å². The molecule has 3 N–H and O–H groups in total. The molecule has 0 aliphatic carbocycles. The van der Waals surface area contributed by atoms with E-state index in [-0.39, 0.29) is 11.8 Å². The largest absolute Gasteiger partial charge is 0.508 e. The fourth-order valence-corrected chi connectivity index (χ4v) is 2.65. The topological polar surface area (TPSA) is 70.6 Å². The van der Waals surface area contributed by atoms with Gasteiger partial charge in [-0.15, -0.1) is 0 Å². The van der Waals surface area contributed by atoms with Crippen LogP contribution in [0.3, 0.4) is 0 Å². The molecular weight excluding hydrogens is 268 g/mol. The Kier molecular flexibility index (Phi) is 5.87. The molecule has 0 spiro atoms. The van der Waals surface area contributed by atoms with Crippen molar-refractivity contribution in [3.05, 3.63) is 29.8 Å². The summed E-state index contributed by atoms with van der Waals surface area (Å²) in [6.07, 6.45) is 3.49. The van der Waals surface area contributed by atoms with E-state index >= 15 is 0 Å². The normalized spacial score (nSPS) is 21.8. The highest BCUT2D eigenvalue weighted by atomic mass is 16.5. The van der Waals surface area contributed by atoms with E-state index in [1.54, 1.807) is 18.2 Å². The number of nitrogens with one attached hydrogen (secondary N) is 2. The SMILES string of the molecule is C[C@@H]1C[C@H](CCNC(=O)NCc2cccc(O)c2)CCO1. The average molecular weight is 292 g/mol. The summed E-state index contributed by atoms with van der Waals surface area (Å²) >= 11 is 0. The Morgan fingerprint density at radius 1 is 1.43 bits per heavy atom. The maximum Gasteiger partial charge on any atom is 0.315 e. The molecule has 1 aromatic rings. The lowest BCUT2D eigenvalue weighted by molar-refractivity contribution is 0.00117. The van der Waals surface area contributed by atoms with Gasteiger partial charge in [0.05, 0.1) is 6.10 Å². The van der Waals surface area contributed by atoms with Crippen molar-refractivity contribution in [2.75, 3.05) is 13.2 Å². The van der Waals surface area contributed by atoms with Crippen molar-refractivity contribution in [3.8, 4) is 5.75 Å². The number of carbonyl (C=O) groups excluding carboxylic acids is 1. The molecule has 1 aromatic carbocycles. The van der Waals surface area contributed by atoms with Crippen LogP contribution in [0.15, 0.2) is 24.3 Å². The Bertz CT molecular complexity index is 465. The number of benzene rings is 1. The van der Waals surface area contributed by atoms with Crippen molar-refractivity contribution < 1.29 is 14.6 Å². The predicted octanol–water partition coefficient (Wildman–Crippen LogP) is 2.40. The van der Waals surface area contributed by atoms with E-state index in [0.29, 0.717) is 25.1 Å². The number of aromatic hydroxyl groups is 1. The number of hydrogen-bond acceptors (Lipinski definition) is 3. The number of phenolic OH excluding ortho intramolecular Hbond substituents is 1. The van der Waals surface area contributed by atoms with Crippen molar-refractivity contribution >= 4 is 6.03 Å². The van der Waals surface area contributed by atoms with Gasteiger partial charge in [0.1, 0.15) is 5.75 Å². The Morgan fingerprint density at radius 3 is 3.05 bits per heavy atom. The molecule has 0 bridgehead atoms. The zero-order valence-corrected chi connectivity index (χ0v) is 12.5. The second-order valence-electron chi connectivity index (χ2n) is 5.64. The molecule has 21 heavy (non-hydrogen) atoms. The van der Waals surface area contributed by atoms with Crippen LogP contribution in [0.2, 0.25) is 0 Å². The molecule has 1 heterocycles. The van der Waals surface area contributed by atoms with Gasteiger partial charge in [0.25, 0.3) is 0 Å². The summed E-state index contributed by atoms with van der Waals surface area (Å²) in [7, 11) is 0. The summed E-state index contributed by atoms with van der Waals surface area (Å²) in [6, 6.07) is 6.71. The number of phenols is 1. The molecule has 1 aliphatic rings. The monoisotopic (exact) mass is 292 g/mol. The van der Waals surface area contributed by atoms with Crippen LogP contribution < -0.4 is 10.6 Å². The fourth-order valence-electron chi connectivity index (χ4n) is 2.65. The van der Waals surface area contributed by atoms with Crippen molar-refractivity contribution in [2.24, 2.45) is 5.92 Å². The lowest BCUT2D eigenvalue weighted by Gasteiger charge is -2.27. The first-order valence-corrected chi connectivity index (χ1v) is 7.54. The van der Waals surface area contributed by atoms with Gasteiger partial charge in [0.15, 0.2) is 0 Å². The van der Waals surface area contributed by atoms with Gasteiger partial charge in [0.2, 0.25) is 0 Å². The second kappa shape index (κ2) is 7.88. The summed E-state index contributed by atoms with van der Waals surface area (Å²) in [6.45, 7) is 4.02. The van der Waals surface area contributed by atoms with Crippen LogP contribution >= 0.6 is 0 Å². The standard InChI is InChI=1S/C16H24N2O3/c1-12-9-13(6-8-21-12)5-7-17-16(20)18-11-14-3-2-4-15(19)10-14/h2-4,10,12-13,19H,5-9,11H2,1H3,(H2,17,18,20)/t12-,13-/m1/s1. The van der Waals surface area contributed by atoms with Gasteiger partial charge in [-0.05, 0) is 49.8 Å². The minimum atomic E-state index is -0.168. The highest BCUT2D eigenvalue weighted by molar-refractivity contribution is 5.73. The van der Waals surface area contributed by atoms with E-state index < -0.39 is 0 Å². The molecule has 2 atom stereocenters. The number of hydrogen-bond donors (Lipinski definition) is 3. The van der Waals surface area contributed by atoms with Crippen molar-refractivity contribution in [3.63, 3.8) is 0 Å². The molecule has 116 valence electrons. The highest BCUT2D eigenvalue weighted by Crippen LogP contribution is 2.22. The molecule has 0 radical (unpaired) electrons. The van der Waals surface area contributed by atoms with Crippen LogP contribution in [0.1, 0.15) is 31.7 Å². The molecule has 2 rings (SSSR count). The van der Waals surface area contributed by atoms with Crippen LogP contribution in [0, 0.1) is 5.92 Å². The quantitative estimate of drug-likeness (QED) is 0.780. The first kappa shape index (κ1) is 15.6. The number of ether oxygens (including phenoxy) is 1. The van der Waals surface area contributed by atoms with Crippen LogP contribution in [0.5, 0.6) is 5.75 Å². The zero-order valence-electron chi connectivity index (χ0n) is 12.5. The molecule has 0 unspecified atom stereocenters. The summed E-state index contributed by atoms with van der Waals surface area (Å²) in [4.78, 5) is 11.7. The average Bonchev–Trinajstić information content (AvgIpc) is 2.45. The second-order valence-corrected chi connectivity index (χ2v) is 5.64. The van der Waals surface area contributed by atoms with Crippen LogP contribution in [-0.4, -0.2) is 30.4 Å². The van der Waals surface area contributed by atoms with Crippen LogP contribution in [-0.2, 0) is 11.3 Å². The van der Waals surface area contributed by atoms with Gasteiger partial charge in [-0.2, -0.15) is 0 Å². The molecule has 5 nitrogen and oxygen atoms in total. The third-order valence-electron chi connectivity index (χ3n) is 3.80. The maximum absolute atomic E-state index is 11.7. The number of urea groups is 1. The van der Waals surface area contributed by atoms with Crippen molar-refractivity contribution in [1.82, 2.24) is 10.6 Å². The Balaban J connectivity index is 1.61. The third-order valence-corrected chi connectivity index (χ3v) is 3.80. The molecule has 0 aromatic heterocycles. The lowest BCUT2D eigenvalue weighted by Crippen LogP contribution is -2.36. The van der Waals surface area contributed by atoms with E-state index in [2.05, 4.69) is 17.6 Å². The summed E-state index contributed by atoms with van der Waals surface area (Å²) < 4.78 is 5.51. The van der Waals surface area contributed by atoms with Gasteiger partial charge >= 0.3 is 6.03 Å². The first-order chi connectivity index (χ1) is 10.1. The van der Waals surface area contributed by atoms with E-state index in [4.69, 9.17) is 4.74 Å². The Morgan fingerprint density at radius 2 is 2.29 bits per heavy atom. The van der Waals surface area contributed by atoms with Crippen molar-refractivity contribution in [2.45, 2.75) is 38.8 Å². The molecule has 2 amide bonds. The van der Waals surface area contributed by atoms with Crippen LogP contribution in [0.4, 0.5) is 4.79 Å². The predicted molar refractivity (Wildman–Crippen MR) is 81.1 cm³/mol. The van der Waals surface area contributed by atoms with E-state index in [0.717, 1.165) is 31.4 Å². The van der Waals surface area contributed by atoms with E-state index in [1.165, 1.54) is 0 Å². The summed E-state index contributed by atoms with van der Waals surface area (Å²) in [5.74, 6) is 0.850. The zero-order chi connectivity index (χ0) is 15.1. The highest BCUT2D eigenvalue weighted by Gasteiger charge is 2.18. The fraction of sp³-hybridized carbons (Fsp3) is 0.562.